The second-order valence-corrected chi connectivity index (χ2v) is 11.9. The SMILES string of the molecule is CC(=O)NCc1cccc(F)c1.COc1cccc2c(C)cn(CCCN3CCN(CCN(C(C)C)C(C)C)CC3)c12. The third-order valence-electron chi connectivity index (χ3n) is 8.05. The van der Waals surface area contributed by atoms with Crippen LogP contribution in [0.1, 0.15) is 52.2 Å². The van der Waals surface area contributed by atoms with Crippen LogP contribution in [0.5, 0.6) is 5.75 Å². The highest BCUT2D eigenvalue weighted by molar-refractivity contribution is 5.89. The van der Waals surface area contributed by atoms with Crippen LogP contribution in [0, 0.1) is 12.7 Å². The Morgan fingerprint density at radius 1 is 0.976 bits per heavy atom. The number of carbonyl (C=O) groups excluding carboxylic acids is 1. The Morgan fingerprint density at radius 2 is 1.62 bits per heavy atom. The number of nitrogens with zero attached hydrogens (tertiary/aromatic N) is 4. The fourth-order valence-electron chi connectivity index (χ4n) is 5.79. The van der Waals surface area contributed by atoms with Crippen molar-refractivity contribution in [2.75, 3.05) is 52.9 Å². The van der Waals surface area contributed by atoms with E-state index >= 15 is 0 Å². The minimum Gasteiger partial charge on any atom is -0.495 e. The van der Waals surface area contributed by atoms with E-state index in [0.717, 1.165) is 17.9 Å². The molecule has 4 rings (SSSR count). The van der Waals surface area contributed by atoms with E-state index in [-0.39, 0.29) is 11.7 Å². The van der Waals surface area contributed by atoms with E-state index in [1.54, 1.807) is 19.2 Å². The first-order valence-electron chi connectivity index (χ1n) is 15.4. The van der Waals surface area contributed by atoms with Gasteiger partial charge >= 0.3 is 0 Å². The molecule has 0 saturated carbocycles. The van der Waals surface area contributed by atoms with Gasteiger partial charge in [0.05, 0.1) is 12.6 Å². The smallest absolute Gasteiger partial charge is 0.217 e. The minimum absolute atomic E-state index is 0.112. The van der Waals surface area contributed by atoms with E-state index in [1.165, 1.54) is 87.8 Å². The molecule has 2 aromatic carbocycles. The molecule has 3 aromatic rings. The average molecular weight is 582 g/mol. The number of rotatable bonds is 12. The molecule has 1 saturated heterocycles. The summed E-state index contributed by atoms with van der Waals surface area (Å²) in [6, 6.07) is 13.7. The fraction of sp³-hybridized carbons (Fsp3) is 0.559. The third-order valence-corrected chi connectivity index (χ3v) is 8.05. The van der Waals surface area contributed by atoms with E-state index < -0.39 is 0 Å². The van der Waals surface area contributed by atoms with Gasteiger partial charge in [0.2, 0.25) is 5.91 Å². The van der Waals surface area contributed by atoms with Gasteiger partial charge in [-0.25, -0.2) is 4.39 Å². The molecule has 42 heavy (non-hydrogen) atoms. The second-order valence-electron chi connectivity index (χ2n) is 11.9. The molecule has 8 heteroatoms. The average Bonchev–Trinajstić information content (AvgIpc) is 3.28. The molecule has 1 N–H and O–H groups in total. The standard InChI is InChI=1S/C25H42N4O.C9H10FNO/c1-20(2)29(21(3)4)18-17-27-15-13-26(14-16-27)11-8-12-28-19-22(5)23-9-7-10-24(30-6)25(23)28;1-7(12)11-6-8-3-2-4-9(10)5-8/h7,9-10,19-21H,8,11-18H2,1-6H3;2-5H,6H2,1H3,(H,11,12). The monoisotopic (exact) mass is 581 g/mol. The summed E-state index contributed by atoms with van der Waals surface area (Å²) in [5, 5.41) is 3.89. The number of nitrogens with one attached hydrogen (secondary N) is 1. The largest absolute Gasteiger partial charge is 0.495 e. The van der Waals surface area contributed by atoms with E-state index in [4.69, 9.17) is 4.74 Å². The topological polar surface area (TPSA) is 53.0 Å². The maximum Gasteiger partial charge on any atom is 0.217 e. The highest BCUT2D eigenvalue weighted by Gasteiger charge is 2.19. The lowest BCUT2D eigenvalue weighted by atomic mass is 10.2. The summed E-state index contributed by atoms with van der Waals surface area (Å²) in [4.78, 5) is 18.4. The van der Waals surface area contributed by atoms with Crippen molar-refractivity contribution in [1.29, 1.82) is 0 Å². The Balaban J connectivity index is 0.000000337. The molecule has 232 valence electrons. The first kappa shape index (κ1) is 33.6. The molecule has 0 atom stereocenters. The van der Waals surface area contributed by atoms with Gasteiger partial charge in [-0.2, -0.15) is 0 Å². The molecule has 0 spiro atoms. The Bertz CT molecular complexity index is 1240. The molecule has 1 fully saturated rings. The number of hydrogen-bond donors (Lipinski definition) is 1. The minimum atomic E-state index is -0.280. The van der Waals surface area contributed by atoms with Crippen LogP contribution in [-0.4, -0.2) is 90.2 Å². The third kappa shape index (κ3) is 10.1. The van der Waals surface area contributed by atoms with Gasteiger partial charge in [0, 0.05) is 82.9 Å². The Kier molecular flexibility index (Phi) is 13.3. The lowest BCUT2D eigenvalue weighted by molar-refractivity contribution is -0.119. The number of ether oxygens (including phenoxy) is 1. The number of aromatic nitrogens is 1. The molecule has 0 radical (unpaired) electrons. The lowest BCUT2D eigenvalue weighted by Gasteiger charge is -2.37. The summed E-state index contributed by atoms with van der Waals surface area (Å²) in [5.74, 6) is 0.586. The molecule has 2 heterocycles. The van der Waals surface area contributed by atoms with Gasteiger partial charge in [-0.15, -0.1) is 0 Å². The molecule has 1 amide bonds. The van der Waals surface area contributed by atoms with E-state index in [2.05, 4.69) is 83.6 Å². The van der Waals surface area contributed by atoms with Crippen LogP contribution in [0.25, 0.3) is 10.9 Å². The molecule has 0 aliphatic carbocycles. The number of piperazine rings is 1. The molecule has 1 aromatic heterocycles. The fourth-order valence-corrected chi connectivity index (χ4v) is 5.79. The van der Waals surface area contributed by atoms with Gasteiger partial charge in [0.1, 0.15) is 11.6 Å². The zero-order valence-corrected chi connectivity index (χ0v) is 26.8. The van der Waals surface area contributed by atoms with Gasteiger partial charge in [-0.1, -0.05) is 24.3 Å². The molecule has 0 bridgehead atoms. The van der Waals surface area contributed by atoms with Gasteiger partial charge in [-0.3, -0.25) is 14.6 Å². The van der Waals surface area contributed by atoms with Gasteiger partial charge in [0.25, 0.3) is 0 Å². The number of carbonyl (C=O) groups is 1. The zero-order chi connectivity index (χ0) is 30.6. The number of hydrogen-bond acceptors (Lipinski definition) is 5. The molecule has 7 nitrogen and oxygen atoms in total. The van der Waals surface area contributed by atoms with E-state index in [1.807, 2.05) is 0 Å². The van der Waals surface area contributed by atoms with Crippen molar-refractivity contribution >= 4 is 16.8 Å². The van der Waals surface area contributed by atoms with Crippen LogP contribution in [0.15, 0.2) is 48.7 Å². The zero-order valence-electron chi connectivity index (χ0n) is 26.8. The van der Waals surface area contributed by atoms with Crippen molar-refractivity contribution in [3.63, 3.8) is 0 Å². The summed E-state index contributed by atoms with van der Waals surface area (Å²) in [7, 11) is 1.77. The van der Waals surface area contributed by atoms with Crippen molar-refractivity contribution in [2.45, 2.75) is 73.1 Å². The molecule has 1 aliphatic rings. The summed E-state index contributed by atoms with van der Waals surface area (Å²) < 4.78 is 20.6. The Morgan fingerprint density at radius 3 is 2.21 bits per heavy atom. The molecule has 0 unspecified atom stereocenters. The molecular weight excluding hydrogens is 529 g/mol. The van der Waals surface area contributed by atoms with Gasteiger partial charge in [0.15, 0.2) is 0 Å². The normalized spacial score (nSPS) is 14.5. The predicted octanol–water partition coefficient (Wildman–Crippen LogP) is 5.55. The number of methoxy groups -OCH3 is 1. The number of fused-ring (bicyclic) bond motifs is 1. The summed E-state index contributed by atoms with van der Waals surface area (Å²) in [6.07, 6.45) is 3.45. The second kappa shape index (κ2) is 16.6. The number of para-hydroxylation sites is 1. The number of aryl methyl sites for hydroxylation is 2. The van der Waals surface area contributed by atoms with Crippen LogP contribution in [0.4, 0.5) is 4.39 Å². The van der Waals surface area contributed by atoms with Crippen molar-refractivity contribution in [3.8, 4) is 5.75 Å². The van der Waals surface area contributed by atoms with E-state index in [9.17, 15) is 9.18 Å². The van der Waals surface area contributed by atoms with Crippen molar-refractivity contribution < 1.29 is 13.9 Å². The summed E-state index contributed by atoms with van der Waals surface area (Å²) >= 11 is 0. The highest BCUT2D eigenvalue weighted by Crippen LogP contribution is 2.29. The number of halogens is 1. The quantitative estimate of drug-likeness (QED) is 0.304. The van der Waals surface area contributed by atoms with Crippen molar-refractivity contribution in [1.82, 2.24) is 24.6 Å². The maximum absolute atomic E-state index is 12.6. The summed E-state index contributed by atoms with van der Waals surface area (Å²) in [6.45, 7) is 22.6. The first-order chi connectivity index (χ1) is 20.1. The number of benzene rings is 2. The van der Waals surface area contributed by atoms with Crippen molar-refractivity contribution in [2.24, 2.45) is 0 Å². The van der Waals surface area contributed by atoms with Crippen LogP contribution in [-0.2, 0) is 17.9 Å². The van der Waals surface area contributed by atoms with Crippen LogP contribution in [0.2, 0.25) is 0 Å². The predicted molar refractivity (Wildman–Crippen MR) is 172 cm³/mol. The molecular formula is C34H52FN5O2. The van der Waals surface area contributed by atoms with Crippen LogP contribution >= 0.6 is 0 Å². The van der Waals surface area contributed by atoms with Crippen LogP contribution in [0.3, 0.4) is 0 Å². The van der Waals surface area contributed by atoms with Crippen molar-refractivity contribution in [3.05, 3.63) is 65.6 Å². The Labute approximate surface area is 252 Å². The van der Waals surface area contributed by atoms with Crippen LogP contribution < -0.4 is 10.1 Å². The lowest BCUT2D eigenvalue weighted by Crippen LogP contribution is -2.50. The summed E-state index contributed by atoms with van der Waals surface area (Å²) in [5.41, 5.74) is 3.33. The maximum atomic E-state index is 12.6. The van der Waals surface area contributed by atoms with Gasteiger partial charge in [-0.05, 0) is 76.9 Å². The van der Waals surface area contributed by atoms with Gasteiger partial charge < -0.3 is 19.5 Å². The molecule has 1 aliphatic heterocycles. The first-order valence-corrected chi connectivity index (χ1v) is 15.4. The highest BCUT2D eigenvalue weighted by atomic mass is 19.1. The number of amides is 1. The Hall–Kier alpha value is -2.94. The van der Waals surface area contributed by atoms with E-state index in [0.29, 0.717) is 18.6 Å².